The highest BCUT2D eigenvalue weighted by Gasteiger charge is 2.59. The summed E-state index contributed by atoms with van der Waals surface area (Å²) < 4.78 is 6.14. The van der Waals surface area contributed by atoms with E-state index in [0.29, 0.717) is 10.8 Å². The fourth-order valence-electron chi connectivity index (χ4n) is 10.6. The van der Waals surface area contributed by atoms with E-state index in [1.165, 1.54) is 57.8 Å². The van der Waals surface area contributed by atoms with Gasteiger partial charge in [-0.3, -0.25) is 4.79 Å². The quantitative estimate of drug-likeness (QED) is 0.268. The number of ether oxygens (including phenoxy) is 1. The molecule has 4 nitrogen and oxygen atoms in total. The molecular formula is C34H58N2O2. The molecule has 0 aromatic carbocycles. The van der Waals surface area contributed by atoms with Gasteiger partial charge in [0.1, 0.15) is 6.10 Å². The molecule has 5 aliphatic carbocycles. The van der Waals surface area contributed by atoms with E-state index in [1.54, 1.807) is 5.57 Å². The van der Waals surface area contributed by atoms with Gasteiger partial charge in [0.2, 0.25) is 0 Å². The van der Waals surface area contributed by atoms with Gasteiger partial charge in [-0.15, -0.1) is 0 Å². The van der Waals surface area contributed by atoms with Crippen LogP contribution in [0.25, 0.3) is 0 Å². The Balaban J connectivity index is 1.22. The predicted molar refractivity (Wildman–Crippen MR) is 156 cm³/mol. The number of rotatable bonds is 7. The van der Waals surface area contributed by atoms with Gasteiger partial charge in [-0.25, -0.2) is 0 Å². The van der Waals surface area contributed by atoms with Crippen molar-refractivity contribution in [3.05, 3.63) is 11.6 Å². The maximum atomic E-state index is 13.0. The van der Waals surface area contributed by atoms with Gasteiger partial charge in [0.25, 0.3) is 0 Å². The molecule has 38 heavy (non-hydrogen) atoms. The zero-order valence-electron chi connectivity index (χ0n) is 25.2. The first-order valence-electron chi connectivity index (χ1n) is 16.4. The number of fused-ring (bicyclic) bond motifs is 5. The van der Waals surface area contributed by atoms with Crippen molar-refractivity contribution in [3.8, 4) is 0 Å². The summed E-state index contributed by atoms with van der Waals surface area (Å²) in [5.41, 5.74) is 14.7. The van der Waals surface area contributed by atoms with E-state index >= 15 is 0 Å². The normalized spacial score (nSPS) is 45.5. The molecule has 4 saturated carbocycles. The van der Waals surface area contributed by atoms with Gasteiger partial charge in [0.05, 0.1) is 5.92 Å². The average Bonchev–Trinajstić information content (AvgIpc) is 3.20. The van der Waals surface area contributed by atoms with Crippen LogP contribution in [0.15, 0.2) is 11.6 Å². The van der Waals surface area contributed by atoms with Crippen molar-refractivity contribution in [2.45, 2.75) is 143 Å². The summed E-state index contributed by atoms with van der Waals surface area (Å²) >= 11 is 0. The van der Waals surface area contributed by atoms with E-state index in [4.69, 9.17) is 16.2 Å². The highest BCUT2D eigenvalue weighted by Crippen LogP contribution is 2.67. The van der Waals surface area contributed by atoms with E-state index in [9.17, 15) is 4.79 Å². The van der Waals surface area contributed by atoms with Crippen molar-refractivity contribution < 1.29 is 9.53 Å². The van der Waals surface area contributed by atoms with E-state index in [0.717, 1.165) is 67.6 Å². The lowest BCUT2D eigenvalue weighted by Crippen LogP contribution is -2.51. The van der Waals surface area contributed by atoms with E-state index in [1.807, 2.05) is 0 Å². The van der Waals surface area contributed by atoms with Crippen LogP contribution in [0.1, 0.15) is 125 Å². The Morgan fingerprint density at radius 2 is 1.71 bits per heavy atom. The second-order valence-corrected chi connectivity index (χ2v) is 15.5. The molecule has 0 bridgehead atoms. The summed E-state index contributed by atoms with van der Waals surface area (Å²) in [5.74, 6) is 4.98. The van der Waals surface area contributed by atoms with Crippen LogP contribution in [-0.4, -0.2) is 24.2 Å². The third kappa shape index (κ3) is 5.39. The zero-order valence-corrected chi connectivity index (χ0v) is 25.2. The summed E-state index contributed by atoms with van der Waals surface area (Å²) in [4.78, 5) is 13.0. The number of carbonyl (C=O) groups is 1. The van der Waals surface area contributed by atoms with Gasteiger partial charge in [0.15, 0.2) is 0 Å². The largest absolute Gasteiger partial charge is 0.462 e. The topological polar surface area (TPSA) is 78.3 Å². The van der Waals surface area contributed by atoms with Gasteiger partial charge < -0.3 is 16.2 Å². The molecule has 0 saturated heterocycles. The summed E-state index contributed by atoms with van der Waals surface area (Å²) in [5, 5.41) is 0. The third-order valence-electron chi connectivity index (χ3n) is 12.7. The van der Waals surface area contributed by atoms with Crippen LogP contribution >= 0.6 is 0 Å². The van der Waals surface area contributed by atoms with Crippen molar-refractivity contribution in [2.24, 2.45) is 63.7 Å². The van der Waals surface area contributed by atoms with E-state index < -0.39 is 0 Å². The van der Waals surface area contributed by atoms with Crippen LogP contribution in [0.4, 0.5) is 0 Å². The molecule has 0 spiro atoms. The Hall–Kier alpha value is -0.870. The summed E-state index contributed by atoms with van der Waals surface area (Å²) in [7, 11) is 0. The lowest BCUT2D eigenvalue weighted by Gasteiger charge is -2.58. The standard InChI is InChI=1S/C34H58N2O2/c1-21(2)7-6-8-22(3)29-11-12-30-28-10-9-24-19-27(38-32(37)23-17-25(35)20-26(36)18-23)13-15-33(24,4)31(28)14-16-34(29,30)5/h9,21-23,25-31H,6-8,10-20,35-36H2,1-5H3. The molecule has 0 radical (unpaired) electrons. The van der Waals surface area contributed by atoms with Gasteiger partial charge >= 0.3 is 5.97 Å². The number of esters is 1. The monoisotopic (exact) mass is 526 g/mol. The van der Waals surface area contributed by atoms with Crippen LogP contribution in [0.3, 0.4) is 0 Å². The van der Waals surface area contributed by atoms with Crippen molar-refractivity contribution in [2.75, 3.05) is 0 Å². The minimum Gasteiger partial charge on any atom is -0.462 e. The molecule has 4 fully saturated rings. The van der Waals surface area contributed by atoms with Crippen LogP contribution < -0.4 is 11.5 Å². The second-order valence-electron chi connectivity index (χ2n) is 15.5. The fourth-order valence-corrected chi connectivity index (χ4v) is 10.6. The number of nitrogens with two attached hydrogens (primary N) is 2. The molecule has 0 aliphatic heterocycles. The molecule has 10 unspecified atom stereocenters. The average molecular weight is 527 g/mol. The Morgan fingerprint density at radius 1 is 0.974 bits per heavy atom. The SMILES string of the molecule is CC(C)CCCC(C)C1CCC2C3CC=C4CC(OC(=O)C5CC(N)CC(N)C5)CCC4(C)C3CCC12C. The summed E-state index contributed by atoms with van der Waals surface area (Å²) in [6.45, 7) is 12.6. The Kier molecular flexibility index (Phi) is 8.44. The van der Waals surface area contributed by atoms with Gasteiger partial charge in [-0.2, -0.15) is 0 Å². The molecule has 0 aromatic rings. The molecule has 4 N–H and O–H groups in total. The van der Waals surface area contributed by atoms with Crippen molar-refractivity contribution in [1.82, 2.24) is 0 Å². The molecule has 10 atom stereocenters. The first kappa shape index (κ1) is 28.7. The van der Waals surface area contributed by atoms with Gasteiger partial charge in [-0.1, -0.05) is 65.5 Å². The van der Waals surface area contributed by atoms with Gasteiger partial charge in [0, 0.05) is 18.5 Å². The number of hydrogen-bond donors (Lipinski definition) is 2. The minimum absolute atomic E-state index is 0.0270. The second kappa shape index (κ2) is 11.2. The Morgan fingerprint density at radius 3 is 2.42 bits per heavy atom. The summed E-state index contributed by atoms with van der Waals surface area (Å²) in [6, 6.07) is 0.0539. The van der Waals surface area contributed by atoms with Crippen molar-refractivity contribution >= 4 is 5.97 Å². The van der Waals surface area contributed by atoms with E-state index in [2.05, 4.69) is 40.7 Å². The molecule has 216 valence electrons. The molecule has 5 aliphatic rings. The van der Waals surface area contributed by atoms with E-state index in [-0.39, 0.29) is 30.1 Å². The fraction of sp³-hybridized carbons (Fsp3) is 0.912. The third-order valence-corrected chi connectivity index (χ3v) is 12.7. The van der Waals surface area contributed by atoms with Crippen molar-refractivity contribution in [3.63, 3.8) is 0 Å². The Bertz CT molecular complexity index is 874. The van der Waals surface area contributed by atoms with Crippen LogP contribution in [-0.2, 0) is 9.53 Å². The smallest absolute Gasteiger partial charge is 0.309 e. The minimum atomic E-state index is -0.120. The number of hydrogen-bond acceptors (Lipinski definition) is 4. The molecular weight excluding hydrogens is 468 g/mol. The summed E-state index contributed by atoms with van der Waals surface area (Å²) in [6.07, 6.45) is 19.2. The highest BCUT2D eigenvalue weighted by atomic mass is 16.5. The molecule has 5 rings (SSSR count). The van der Waals surface area contributed by atoms with Crippen LogP contribution in [0.5, 0.6) is 0 Å². The van der Waals surface area contributed by atoms with Crippen LogP contribution in [0.2, 0.25) is 0 Å². The van der Waals surface area contributed by atoms with Gasteiger partial charge in [-0.05, 0) is 111 Å². The highest BCUT2D eigenvalue weighted by molar-refractivity contribution is 5.73. The van der Waals surface area contributed by atoms with Crippen molar-refractivity contribution in [1.29, 1.82) is 0 Å². The number of carbonyl (C=O) groups excluding carboxylic acids is 1. The Labute approximate surface area is 233 Å². The lowest BCUT2D eigenvalue weighted by atomic mass is 9.47. The van der Waals surface area contributed by atoms with Crippen LogP contribution in [0, 0.1) is 52.3 Å². The maximum Gasteiger partial charge on any atom is 0.309 e. The number of allylic oxidation sites excluding steroid dienone is 1. The lowest BCUT2D eigenvalue weighted by molar-refractivity contribution is -0.158. The molecule has 0 amide bonds. The molecule has 4 heteroatoms. The first-order valence-corrected chi connectivity index (χ1v) is 16.4. The first-order chi connectivity index (χ1) is 18.0. The molecule has 0 heterocycles. The zero-order chi connectivity index (χ0) is 27.2. The predicted octanol–water partition coefficient (Wildman–Crippen LogP) is 7.39. The molecule has 0 aromatic heterocycles. The maximum absolute atomic E-state index is 13.0.